The van der Waals surface area contributed by atoms with Crippen LogP contribution in [0, 0.1) is 12.7 Å². The number of nitrogens with zero attached hydrogens (tertiary/aromatic N) is 4. The highest BCUT2D eigenvalue weighted by Gasteiger charge is 2.35. The van der Waals surface area contributed by atoms with Crippen LogP contribution in [0.25, 0.3) is 16.9 Å². The van der Waals surface area contributed by atoms with Gasteiger partial charge in [-0.3, -0.25) is 15.2 Å². The fourth-order valence-corrected chi connectivity index (χ4v) is 4.98. The van der Waals surface area contributed by atoms with Crippen molar-refractivity contribution in [1.29, 1.82) is 0 Å². The van der Waals surface area contributed by atoms with Gasteiger partial charge in [0.05, 0.1) is 30.2 Å². The van der Waals surface area contributed by atoms with Gasteiger partial charge in [-0.2, -0.15) is 5.10 Å². The van der Waals surface area contributed by atoms with Gasteiger partial charge in [-0.25, -0.2) is 13.9 Å². The van der Waals surface area contributed by atoms with E-state index in [0.717, 1.165) is 34.6 Å². The van der Waals surface area contributed by atoms with Crippen LogP contribution in [0.15, 0.2) is 79.1 Å². The van der Waals surface area contributed by atoms with Crippen molar-refractivity contribution in [3.63, 3.8) is 0 Å². The SMILES string of the molecule is COCCN1CC(c2cncc(F)c2)[C@H](NC(=O)Nc2c(C)c(-c3ccccc3)nn2-c2ccccc2)C1. The highest BCUT2D eigenvalue weighted by atomic mass is 19.1. The third-order valence-electron chi connectivity index (χ3n) is 6.88. The first kappa shape index (κ1) is 25.6. The van der Waals surface area contributed by atoms with E-state index in [-0.39, 0.29) is 18.0 Å². The Hall–Kier alpha value is -4.08. The summed E-state index contributed by atoms with van der Waals surface area (Å²) >= 11 is 0. The summed E-state index contributed by atoms with van der Waals surface area (Å²) in [5.41, 5.74) is 4.20. The summed E-state index contributed by atoms with van der Waals surface area (Å²) in [5.74, 6) is 0.0865. The summed E-state index contributed by atoms with van der Waals surface area (Å²) < 4.78 is 21.0. The number of benzene rings is 2. The smallest absolute Gasteiger partial charge is 0.320 e. The van der Waals surface area contributed by atoms with Gasteiger partial charge in [0.15, 0.2) is 0 Å². The molecule has 1 aliphatic heterocycles. The molecule has 5 rings (SSSR count). The second-order valence-corrected chi connectivity index (χ2v) is 9.44. The van der Waals surface area contributed by atoms with Crippen LogP contribution in [0.5, 0.6) is 0 Å². The predicted octanol–water partition coefficient (Wildman–Crippen LogP) is 4.62. The zero-order valence-electron chi connectivity index (χ0n) is 21.5. The number of pyridine rings is 1. The van der Waals surface area contributed by atoms with Gasteiger partial charge in [0, 0.05) is 50.0 Å². The van der Waals surface area contributed by atoms with Crippen LogP contribution in [0.4, 0.5) is 15.0 Å². The molecule has 4 aromatic rings. The predicted molar refractivity (Wildman–Crippen MR) is 145 cm³/mol. The molecule has 38 heavy (non-hydrogen) atoms. The van der Waals surface area contributed by atoms with Crippen molar-refractivity contribution >= 4 is 11.8 Å². The molecule has 9 heteroatoms. The number of anilines is 1. The number of amides is 2. The number of hydrogen-bond donors (Lipinski definition) is 2. The van der Waals surface area contributed by atoms with Crippen LogP contribution in [0.2, 0.25) is 0 Å². The molecule has 0 radical (unpaired) electrons. The number of carbonyl (C=O) groups is 1. The summed E-state index contributed by atoms with van der Waals surface area (Å²) in [6.07, 6.45) is 2.86. The molecule has 2 atom stereocenters. The van der Waals surface area contributed by atoms with Gasteiger partial charge in [-0.1, -0.05) is 48.5 Å². The summed E-state index contributed by atoms with van der Waals surface area (Å²) in [6.45, 7) is 4.52. The van der Waals surface area contributed by atoms with Crippen molar-refractivity contribution in [3.8, 4) is 16.9 Å². The molecule has 0 saturated carbocycles. The Morgan fingerprint density at radius 2 is 1.82 bits per heavy atom. The van der Waals surface area contributed by atoms with Gasteiger partial charge in [0.2, 0.25) is 0 Å². The summed E-state index contributed by atoms with van der Waals surface area (Å²) in [5, 5.41) is 11.0. The number of halogens is 1. The molecule has 1 saturated heterocycles. The minimum atomic E-state index is -0.392. The normalized spacial score (nSPS) is 17.4. The van der Waals surface area contributed by atoms with Crippen molar-refractivity contribution in [3.05, 3.63) is 96.1 Å². The van der Waals surface area contributed by atoms with E-state index in [4.69, 9.17) is 9.84 Å². The quantitative estimate of drug-likeness (QED) is 0.359. The lowest BCUT2D eigenvalue weighted by atomic mass is 9.96. The molecule has 3 heterocycles. The van der Waals surface area contributed by atoms with E-state index < -0.39 is 5.82 Å². The number of rotatable bonds is 8. The number of ether oxygens (including phenoxy) is 1. The number of aromatic nitrogens is 3. The highest BCUT2D eigenvalue weighted by molar-refractivity contribution is 5.91. The number of urea groups is 1. The van der Waals surface area contributed by atoms with Crippen LogP contribution in [0.3, 0.4) is 0 Å². The van der Waals surface area contributed by atoms with Crippen molar-refractivity contribution in [2.45, 2.75) is 18.9 Å². The lowest BCUT2D eigenvalue weighted by Crippen LogP contribution is -2.42. The van der Waals surface area contributed by atoms with Crippen molar-refractivity contribution < 1.29 is 13.9 Å². The van der Waals surface area contributed by atoms with Gasteiger partial charge in [-0.15, -0.1) is 0 Å². The second kappa shape index (κ2) is 11.5. The monoisotopic (exact) mass is 514 g/mol. The molecule has 0 spiro atoms. The third kappa shape index (κ3) is 5.58. The maximum Gasteiger partial charge on any atom is 0.320 e. The number of carbonyl (C=O) groups excluding carboxylic acids is 1. The molecule has 2 aromatic carbocycles. The average Bonchev–Trinajstić information content (AvgIpc) is 3.49. The number of para-hydroxylation sites is 1. The molecule has 8 nitrogen and oxygen atoms in total. The molecule has 1 unspecified atom stereocenters. The highest BCUT2D eigenvalue weighted by Crippen LogP contribution is 2.31. The molecular formula is C29H31FN6O2. The first-order chi connectivity index (χ1) is 18.5. The Labute approximate surface area is 221 Å². The first-order valence-electron chi connectivity index (χ1n) is 12.6. The van der Waals surface area contributed by atoms with Gasteiger partial charge in [0.1, 0.15) is 11.6 Å². The maximum absolute atomic E-state index is 14.0. The molecule has 1 fully saturated rings. The van der Waals surface area contributed by atoms with Crippen molar-refractivity contribution in [2.24, 2.45) is 0 Å². The van der Waals surface area contributed by atoms with E-state index in [9.17, 15) is 9.18 Å². The van der Waals surface area contributed by atoms with Crippen LogP contribution < -0.4 is 10.6 Å². The number of likely N-dealkylation sites (tertiary alicyclic amines) is 1. The van der Waals surface area contributed by atoms with Crippen molar-refractivity contribution in [2.75, 3.05) is 38.7 Å². The van der Waals surface area contributed by atoms with Crippen molar-refractivity contribution in [1.82, 2.24) is 25.0 Å². The van der Waals surface area contributed by atoms with Crippen LogP contribution in [-0.2, 0) is 4.74 Å². The van der Waals surface area contributed by atoms with Gasteiger partial charge >= 0.3 is 6.03 Å². The number of hydrogen-bond acceptors (Lipinski definition) is 5. The summed E-state index contributed by atoms with van der Waals surface area (Å²) in [4.78, 5) is 19.7. The van der Waals surface area contributed by atoms with E-state index in [1.165, 1.54) is 12.3 Å². The third-order valence-corrected chi connectivity index (χ3v) is 6.88. The molecule has 0 bridgehead atoms. The van der Waals surface area contributed by atoms with Gasteiger partial charge < -0.3 is 10.1 Å². The number of methoxy groups -OCH3 is 1. The Balaban J connectivity index is 1.41. The minimum Gasteiger partial charge on any atom is -0.383 e. The Morgan fingerprint density at radius 1 is 1.08 bits per heavy atom. The maximum atomic E-state index is 14.0. The fourth-order valence-electron chi connectivity index (χ4n) is 4.98. The largest absolute Gasteiger partial charge is 0.383 e. The van der Waals surface area contributed by atoms with Crippen LogP contribution in [0.1, 0.15) is 17.0 Å². The van der Waals surface area contributed by atoms with E-state index in [0.29, 0.717) is 25.5 Å². The average molecular weight is 515 g/mol. The standard InChI is InChI=1S/C29H31FN6O2/c1-20-27(21-9-5-3-6-10-21)34-36(24-11-7-4-8-12-24)28(20)33-29(37)32-26-19-35(13-14-38-2)18-25(26)22-15-23(30)17-31-16-22/h3-12,15-17,25-26H,13-14,18-19H2,1-2H3,(H2,32,33,37)/t25?,26-/m1/s1. The zero-order chi connectivity index (χ0) is 26.5. The van der Waals surface area contributed by atoms with E-state index in [1.807, 2.05) is 67.6 Å². The first-order valence-corrected chi connectivity index (χ1v) is 12.6. The minimum absolute atomic E-state index is 0.110. The lowest BCUT2D eigenvalue weighted by Gasteiger charge is -2.21. The summed E-state index contributed by atoms with van der Waals surface area (Å²) in [7, 11) is 1.66. The summed E-state index contributed by atoms with van der Waals surface area (Å²) in [6, 6.07) is 20.5. The second-order valence-electron chi connectivity index (χ2n) is 9.44. The zero-order valence-corrected chi connectivity index (χ0v) is 21.5. The Morgan fingerprint density at radius 3 is 2.53 bits per heavy atom. The topological polar surface area (TPSA) is 84.3 Å². The molecule has 196 valence electrons. The molecule has 1 aliphatic rings. The van der Waals surface area contributed by atoms with E-state index in [2.05, 4.69) is 20.5 Å². The van der Waals surface area contributed by atoms with Gasteiger partial charge in [-0.05, 0) is 30.7 Å². The van der Waals surface area contributed by atoms with E-state index >= 15 is 0 Å². The Kier molecular flexibility index (Phi) is 7.76. The molecule has 2 aromatic heterocycles. The van der Waals surface area contributed by atoms with Gasteiger partial charge in [0.25, 0.3) is 0 Å². The molecule has 2 amide bonds. The fraction of sp³-hybridized carbons (Fsp3) is 0.276. The lowest BCUT2D eigenvalue weighted by molar-refractivity contribution is 0.159. The van der Waals surface area contributed by atoms with Crippen LogP contribution >= 0.6 is 0 Å². The molecule has 0 aliphatic carbocycles. The number of nitrogens with one attached hydrogen (secondary N) is 2. The molecule has 2 N–H and O–H groups in total. The van der Waals surface area contributed by atoms with Crippen LogP contribution in [-0.4, -0.2) is 65.1 Å². The Bertz CT molecular complexity index is 1380. The molecular weight excluding hydrogens is 483 g/mol. The van der Waals surface area contributed by atoms with E-state index in [1.54, 1.807) is 18.0 Å².